The lowest BCUT2D eigenvalue weighted by atomic mass is 10.1. The van der Waals surface area contributed by atoms with Crippen LogP contribution in [0.2, 0.25) is 0 Å². The van der Waals surface area contributed by atoms with Crippen molar-refractivity contribution >= 4 is 40.6 Å². The molecule has 0 aliphatic carbocycles. The summed E-state index contributed by atoms with van der Waals surface area (Å²) in [6.07, 6.45) is 0. The number of Topliss-reactive ketones (excluding diaryl/α,β-unsaturated/α-hetero) is 1. The second-order valence-electron chi connectivity index (χ2n) is 5.71. The minimum Gasteiger partial charge on any atom is -0.451 e. The monoisotopic (exact) mass is 381 g/mol. The number of nitrogens with zero attached hydrogens (tertiary/aromatic N) is 1. The summed E-state index contributed by atoms with van der Waals surface area (Å²) in [7, 11) is 0. The number of nitrogens with one attached hydrogen (secondary N) is 2. The number of rotatable bonds is 7. The number of imide groups is 1. The fraction of sp³-hybridized carbons (Fsp3) is 0.438. The second kappa shape index (κ2) is 8.17. The lowest BCUT2D eigenvalue weighted by Crippen LogP contribution is -2.38. The number of hydrogen-bond donors (Lipinski definition) is 2. The Morgan fingerprint density at radius 3 is 2.50 bits per heavy atom. The maximum atomic E-state index is 12.1. The molecule has 9 nitrogen and oxygen atoms in total. The van der Waals surface area contributed by atoms with Gasteiger partial charge in [0.15, 0.2) is 12.4 Å². The third kappa shape index (κ3) is 4.31. The topological polar surface area (TPSA) is 126 Å². The van der Waals surface area contributed by atoms with Gasteiger partial charge in [0.2, 0.25) is 5.91 Å². The van der Waals surface area contributed by atoms with Gasteiger partial charge in [-0.3, -0.25) is 24.1 Å². The van der Waals surface area contributed by atoms with E-state index in [4.69, 9.17) is 4.74 Å². The van der Waals surface area contributed by atoms with Crippen molar-refractivity contribution in [2.45, 2.75) is 20.8 Å². The van der Waals surface area contributed by atoms with Crippen LogP contribution < -0.4 is 5.32 Å². The van der Waals surface area contributed by atoms with Crippen LogP contribution in [0.15, 0.2) is 0 Å². The first-order valence-corrected chi connectivity index (χ1v) is 8.82. The van der Waals surface area contributed by atoms with Crippen molar-refractivity contribution in [3.05, 3.63) is 22.5 Å². The molecule has 1 saturated heterocycles. The van der Waals surface area contributed by atoms with Gasteiger partial charge in [0.25, 0.3) is 11.1 Å². The first-order chi connectivity index (χ1) is 12.2. The summed E-state index contributed by atoms with van der Waals surface area (Å²) in [6, 6.07) is 0. The summed E-state index contributed by atoms with van der Waals surface area (Å²) in [5, 5.41) is 2.13. The highest BCUT2D eigenvalue weighted by atomic mass is 32.2. The van der Waals surface area contributed by atoms with Gasteiger partial charge in [-0.2, -0.15) is 0 Å². The van der Waals surface area contributed by atoms with Crippen molar-refractivity contribution in [3.8, 4) is 0 Å². The number of ketones is 1. The third-order valence-electron chi connectivity index (χ3n) is 3.83. The molecule has 0 unspecified atom stereocenters. The molecule has 3 amide bonds. The summed E-state index contributed by atoms with van der Waals surface area (Å²) >= 11 is 0.918. The minimum atomic E-state index is -0.741. The predicted molar refractivity (Wildman–Crippen MR) is 93.1 cm³/mol. The fourth-order valence-electron chi connectivity index (χ4n) is 2.64. The van der Waals surface area contributed by atoms with E-state index >= 15 is 0 Å². The summed E-state index contributed by atoms with van der Waals surface area (Å²) < 4.78 is 4.94. The van der Waals surface area contributed by atoms with E-state index in [1.54, 1.807) is 13.8 Å². The van der Waals surface area contributed by atoms with E-state index in [-0.39, 0.29) is 41.5 Å². The molecule has 1 aromatic heterocycles. The van der Waals surface area contributed by atoms with Crippen LogP contribution in [-0.4, -0.2) is 64.1 Å². The lowest BCUT2D eigenvalue weighted by molar-refractivity contribution is -0.126. The van der Waals surface area contributed by atoms with Crippen molar-refractivity contribution in [2.24, 2.45) is 0 Å². The van der Waals surface area contributed by atoms with Gasteiger partial charge in [-0.05, 0) is 26.3 Å². The molecule has 2 N–H and O–H groups in total. The van der Waals surface area contributed by atoms with Crippen molar-refractivity contribution < 1.29 is 28.7 Å². The Balaban J connectivity index is 1.81. The Morgan fingerprint density at radius 1 is 1.27 bits per heavy atom. The molecule has 2 heterocycles. The number of esters is 1. The SMILES string of the molecule is CC(=O)c1c(C)[nH]c(C(=O)OCC(=O)NCCN2C(=O)CSC2=O)c1C. The Hall–Kier alpha value is -2.62. The quantitative estimate of drug-likeness (QED) is 0.528. The van der Waals surface area contributed by atoms with E-state index in [1.165, 1.54) is 6.92 Å². The predicted octanol–water partition coefficient (Wildman–Crippen LogP) is 0.803. The molecule has 0 radical (unpaired) electrons. The maximum absolute atomic E-state index is 12.1. The van der Waals surface area contributed by atoms with Crippen molar-refractivity contribution in [1.82, 2.24) is 15.2 Å². The molecule has 0 spiro atoms. The third-order valence-corrected chi connectivity index (χ3v) is 4.68. The molecular formula is C16H19N3O6S. The zero-order valence-corrected chi connectivity index (χ0v) is 15.4. The second-order valence-corrected chi connectivity index (χ2v) is 6.63. The van der Waals surface area contributed by atoms with Crippen LogP contribution in [0.3, 0.4) is 0 Å². The average Bonchev–Trinajstić information content (AvgIpc) is 3.05. The first kappa shape index (κ1) is 19.7. The zero-order chi connectivity index (χ0) is 19.4. The Kier molecular flexibility index (Phi) is 6.19. The summed E-state index contributed by atoms with van der Waals surface area (Å²) in [5.74, 6) is -1.65. The van der Waals surface area contributed by atoms with Crippen molar-refractivity contribution in [3.63, 3.8) is 0 Å². The Morgan fingerprint density at radius 2 is 1.96 bits per heavy atom. The van der Waals surface area contributed by atoms with E-state index < -0.39 is 18.5 Å². The molecule has 1 aliphatic rings. The number of hydrogen-bond acceptors (Lipinski definition) is 7. The van der Waals surface area contributed by atoms with Crippen LogP contribution in [0, 0.1) is 13.8 Å². The highest BCUT2D eigenvalue weighted by molar-refractivity contribution is 8.14. The van der Waals surface area contributed by atoms with Crippen LogP contribution >= 0.6 is 11.8 Å². The van der Waals surface area contributed by atoms with E-state index in [2.05, 4.69) is 10.3 Å². The normalized spacial score (nSPS) is 13.9. The van der Waals surface area contributed by atoms with Crippen LogP contribution in [0.1, 0.15) is 39.0 Å². The molecular weight excluding hydrogens is 362 g/mol. The molecule has 0 saturated carbocycles. The number of aromatic nitrogens is 1. The number of amides is 3. The molecule has 2 rings (SSSR count). The van der Waals surface area contributed by atoms with Crippen LogP contribution in [-0.2, 0) is 14.3 Å². The number of ether oxygens (including phenoxy) is 1. The first-order valence-electron chi connectivity index (χ1n) is 7.83. The van der Waals surface area contributed by atoms with Crippen LogP contribution in [0.25, 0.3) is 0 Å². The molecule has 0 aromatic carbocycles. The molecule has 1 aromatic rings. The lowest BCUT2D eigenvalue weighted by Gasteiger charge is -2.13. The summed E-state index contributed by atoms with van der Waals surface area (Å²) in [5.41, 5.74) is 1.60. The standard InChI is InChI=1S/C16H19N3O6S/c1-8-13(10(3)20)9(2)18-14(8)15(23)25-6-11(21)17-4-5-19-12(22)7-26-16(19)24/h18H,4-7H2,1-3H3,(H,17,21). The van der Waals surface area contributed by atoms with Gasteiger partial charge < -0.3 is 15.0 Å². The van der Waals surface area contributed by atoms with Gasteiger partial charge in [0, 0.05) is 24.3 Å². The molecule has 1 fully saturated rings. The zero-order valence-electron chi connectivity index (χ0n) is 14.6. The number of H-pyrrole nitrogens is 1. The Labute approximate surface area is 153 Å². The largest absolute Gasteiger partial charge is 0.451 e. The maximum Gasteiger partial charge on any atom is 0.355 e. The molecule has 10 heteroatoms. The molecule has 1 aliphatic heterocycles. The van der Waals surface area contributed by atoms with Crippen LogP contribution in [0.4, 0.5) is 4.79 Å². The highest BCUT2D eigenvalue weighted by Gasteiger charge is 2.29. The number of aryl methyl sites for hydroxylation is 1. The Bertz CT molecular complexity index is 769. The number of aromatic amines is 1. The van der Waals surface area contributed by atoms with E-state index in [1.807, 2.05) is 0 Å². The van der Waals surface area contributed by atoms with Gasteiger partial charge in [0.05, 0.1) is 5.75 Å². The molecule has 140 valence electrons. The van der Waals surface area contributed by atoms with Gasteiger partial charge >= 0.3 is 5.97 Å². The van der Waals surface area contributed by atoms with Crippen molar-refractivity contribution in [1.29, 1.82) is 0 Å². The highest BCUT2D eigenvalue weighted by Crippen LogP contribution is 2.19. The van der Waals surface area contributed by atoms with E-state index in [0.717, 1.165) is 16.7 Å². The number of carbonyl (C=O) groups is 5. The van der Waals surface area contributed by atoms with E-state index in [9.17, 15) is 24.0 Å². The molecule has 0 atom stereocenters. The molecule has 26 heavy (non-hydrogen) atoms. The van der Waals surface area contributed by atoms with Crippen LogP contribution in [0.5, 0.6) is 0 Å². The number of carbonyl (C=O) groups excluding carboxylic acids is 5. The van der Waals surface area contributed by atoms with E-state index in [0.29, 0.717) is 16.8 Å². The van der Waals surface area contributed by atoms with Gasteiger partial charge in [0.1, 0.15) is 5.69 Å². The van der Waals surface area contributed by atoms with Gasteiger partial charge in [-0.25, -0.2) is 4.79 Å². The molecule has 0 bridgehead atoms. The minimum absolute atomic E-state index is 0.0707. The smallest absolute Gasteiger partial charge is 0.355 e. The summed E-state index contributed by atoms with van der Waals surface area (Å²) in [6.45, 7) is 4.33. The van der Waals surface area contributed by atoms with Gasteiger partial charge in [-0.15, -0.1) is 0 Å². The number of thioether (sulfide) groups is 1. The summed E-state index contributed by atoms with van der Waals surface area (Å²) in [4.78, 5) is 62.1. The van der Waals surface area contributed by atoms with Gasteiger partial charge in [-0.1, -0.05) is 11.8 Å². The fourth-order valence-corrected chi connectivity index (χ4v) is 3.39. The average molecular weight is 381 g/mol. The van der Waals surface area contributed by atoms with Crippen molar-refractivity contribution in [2.75, 3.05) is 25.4 Å².